The molecule has 2 N–H and O–H groups in total. The second-order valence-corrected chi connectivity index (χ2v) is 2.96. The van der Waals surface area contributed by atoms with Gasteiger partial charge in [-0.25, -0.2) is 0 Å². The lowest BCUT2D eigenvalue weighted by atomic mass is 10.2. The van der Waals surface area contributed by atoms with Crippen molar-refractivity contribution in [1.82, 2.24) is 0 Å². The Morgan fingerprint density at radius 1 is 1.50 bits per heavy atom. The number of nitrogen functional groups attached to an aromatic ring is 1. The Hall–Kier alpha value is -0.210. The maximum atomic E-state index is 5.75. The number of rotatable bonds is 1. The van der Waals surface area contributed by atoms with Crippen molar-refractivity contribution in [1.29, 1.82) is 0 Å². The first-order valence-electron chi connectivity index (χ1n) is 2.84. The Kier molecular flexibility index (Phi) is 2.57. The zero-order valence-corrected chi connectivity index (χ0v) is 7.61. The molecule has 0 bridgehead atoms. The summed E-state index contributed by atoms with van der Waals surface area (Å²) in [6, 6.07) is 5.60. The maximum absolute atomic E-state index is 5.75. The lowest BCUT2D eigenvalue weighted by molar-refractivity contribution is 1.44. The first-order valence-corrected chi connectivity index (χ1v) is 4.34. The maximum Gasteiger partial charge on any atom is 0.0638 e. The zero-order chi connectivity index (χ0) is 7.56. The lowest BCUT2D eigenvalue weighted by Gasteiger charge is -1.98. The Morgan fingerprint density at radius 3 is 2.70 bits per heavy atom. The largest absolute Gasteiger partial charge is 0.398 e. The molecule has 0 aliphatic rings. The molecule has 1 nitrogen and oxygen atoms in total. The summed E-state index contributed by atoms with van der Waals surface area (Å²) < 4.78 is 0. The molecular weight excluding hydrogens is 213 g/mol. The van der Waals surface area contributed by atoms with Crippen LogP contribution in [0, 0.1) is 0 Å². The first-order chi connectivity index (χ1) is 4.74. The molecule has 0 amide bonds. The van der Waals surface area contributed by atoms with Gasteiger partial charge in [-0.2, -0.15) is 0 Å². The summed E-state index contributed by atoms with van der Waals surface area (Å²) in [5, 5.41) is 1.43. The molecule has 1 aromatic carbocycles. The molecule has 0 unspecified atom stereocenters. The number of hydrogen-bond acceptors (Lipinski definition) is 1. The van der Waals surface area contributed by atoms with E-state index in [-0.39, 0.29) is 0 Å². The highest BCUT2D eigenvalue weighted by Crippen LogP contribution is 2.20. The average Bonchev–Trinajstić information content (AvgIpc) is 1.95. The summed E-state index contributed by atoms with van der Waals surface area (Å²) in [6.07, 6.45) is 0. The molecule has 3 heteroatoms. The van der Waals surface area contributed by atoms with Gasteiger partial charge >= 0.3 is 0 Å². The van der Waals surface area contributed by atoms with Crippen molar-refractivity contribution in [2.75, 3.05) is 5.73 Å². The van der Waals surface area contributed by atoms with Crippen molar-refractivity contribution in [2.24, 2.45) is 0 Å². The monoisotopic (exact) mass is 219 g/mol. The van der Waals surface area contributed by atoms with Gasteiger partial charge in [-0.3, -0.25) is 0 Å². The van der Waals surface area contributed by atoms with Crippen LogP contribution in [0.1, 0.15) is 5.56 Å². The van der Waals surface area contributed by atoms with Crippen LogP contribution in [0.2, 0.25) is 5.02 Å². The predicted octanol–water partition coefficient (Wildman–Crippen LogP) is 2.82. The van der Waals surface area contributed by atoms with Crippen LogP contribution < -0.4 is 5.73 Å². The van der Waals surface area contributed by atoms with Crippen LogP contribution in [0.3, 0.4) is 0 Å². The molecule has 0 saturated carbocycles. The molecule has 0 atom stereocenters. The molecule has 0 aromatic heterocycles. The molecule has 10 heavy (non-hydrogen) atoms. The summed E-state index contributed by atoms with van der Waals surface area (Å²) in [6.45, 7) is 0. The van der Waals surface area contributed by atoms with Crippen molar-refractivity contribution < 1.29 is 0 Å². The van der Waals surface area contributed by atoms with E-state index in [9.17, 15) is 0 Å². The molecule has 0 radical (unpaired) electrons. The van der Waals surface area contributed by atoms with E-state index in [1.807, 2.05) is 12.1 Å². The molecule has 0 saturated heterocycles. The summed E-state index contributed by atoms with van der Waals surface area (Å²) in [5.41, 5.74) is 7.27. The number of anilines is 1. The van der Waals surface area contributed by atoms with E-state index < -0.39 is 0 Å². The number of nitrogens with two attached hydrogens (primary N) is 1. The van der Waals surface area contributed by atoms with Crippen LogP contribution in [-0.4, -0.2) is 0 Å². The zero-order valence-electron chi connectivity index (χ0n) is 5.27. The molecular formula is C7H7BrClN. The molecule has 0 heterocycles. The quantitative estimate of drug-likeness (QED) is 0.572. The van der Waals surface area contributed by atoms with Gasteiger partial charge in [-0.05, 0) is 17.7 Å². The Balaban J connectivity index is 3.04. The molecule has 0 aliphatic carbocycles. The standard InChI is InChI=1S/C7H7BrClN/c8-4-5-1-2-7(10)6(9)3-5/h1-3H,4,10H2. The average molecular weight is 220 g/mol. The van der Waals surface area contributed by atoms with E-state index in [1.54, 1.807) is 6.07 Å². The van der Waals surface area contributed by atoms with Gasteiger partial charge in [0.25, 0.3) is 0 Å². The van der Waals surface area contributed by atoms with Crippen LogP contribution in [0.5, 0.6) is 0 Å². The van der Waals surface area contributed by atoms with Gasteiger partial charge in [0.2, 0.25) is 0 Å². The summed E-state index contributed by atoms with van der Waals surface area (Å²) in [5.74, 6) is 0. The smallest absolute Gasteiger partial charge is 0.0638 e. The normalized spacial score (nSPS) is 9.80. The molecule has 0 spiro atoms. The summed E-state index contributed by atoms with van der Waals surface area (Å²) in [7, 11) is 0. The van der Waals surface area contributed by atoms with Gasteiger partial charge in [0.05, 0.1) is 10.7 Å². The van der Waals surface area contributed by atoms with Crippen LogP contribution in [-0.2, 0) is 5.33 Å². The molecule has 1 aromatic rings. The van der Waals surface area contributed by atoms with E-state index in [0.717, 1.165) is 10.9 Å². The van der Waals surface area contributed by atoms with E-state index in [1.165, 1.54) is 0 Å². The minimum Gasteiger partial charge on any atom is -0.398 e. The highest BCUT2D eigenvalue weighted by molar-refractivity contribution is 9.08. The van der Waals surface area contributed by atoms with Crippen molar-refractivity contribution in [3.8, 4) is 0 Å². The number of halogens is 2. The Bertz CT molecular complexity index is 237. The second-order valence-electron chi connectivity index (χ2n) is 1.99. The Morgan fingerprint density at radius 2 is 2.20 bits per heavy atom. The van der Waals surface area contributed by atoms with Crippen LogP contribution in [0.4, 0.5) is 5.69 Å². The SMILES string of the molecule is Nc1ccc(CBr)cc1Cl. The Labute approximate surface area is 73.3 Å². The van der Waals surface area contributed by atoms with Crippen LogP contribution >= 0.6 is 27.5 Å². The van der Waals surface area contributed by atoms with E-state index >= 15 is 0 Å². The minimum absolute atomic E-state index is 0.622. The molecule has 0 aliphatic heterocycles. The molecule has 0 fully saturated rings. The van der Waals surface area contributed by atoms with Gasteiger partial charge < -0.3 is 5.73 Å². The van der Waals surface area contributed by atoms with Gasteiger partial charge in [-0.1, -0.05) is 33.6 Å². The van der Waals surface area contributed by atoms with Gasteiger partial charge in [0.1, 0.15) is 0 Å². The summed E-state index contributed by atoms with van der Waals surface area (Å²) >= 11 is 9.06. The van der Waals surface area contributed by atoms with E-state index in [0.29, 0.717) is 10.7 Å². The number of hydrogen-bond donors (Lipinski definition) is 1. The highest BCUT2D eigenvalue weighted by Gasteiger charge is 1.95. The topological polar surface area (TPSA) is 26.0 Å². The third-order valence-electron chi connectivity index (χ3n) is 1.22. The molecule has 1 rings (SSSR count). The van der Waals surface area contributed by atoms with Crippen LogP contribution in [0.25, 0.3) is 0 Å². The van der Waals surface area contributed by atoms with Crippen molar-refractivity contribution in [2.45, 2.75) is 5.33 Å². The van der Waals surface area contributed by atoms with Crippen LogP contribution in [0.15, 0.2) is 18.2 Å². The van der Waals surface area contributed by atoms with Crippen molar-refractivity contribution >= 4 is 33.2 Å². The van der Waals surface area contributed by atoms with Crippen molar-refractivity contribution in [3.05, 3.63) is 28.8 Å². The number of alkyl halides is 1. The summed E-state index contributed by atoms with van der Waals surface area (Å²) in [4.78, 5) is 0. The van der Waals surface area contributed by atoms with Gasteiger partial charge in [0, 0.05) is 5.33 Å². The fourth-order valence-corrected chi connectivity index (χ4v) is 1.21. The highest BCUT2D eigenvalue weighted by atomic mass is 79.9. The fraction of sp³-hybridized carbons (Fsp3) is 0.143. The fourth-order valence-electron chi connectivity index (χ4n) is 0.654. The second kappa shape index (κ2) is 3.26. The third-order valence-corrected chi connectivity index (χ3v) is 2.19. The van der Waals surface area contributed by atoms with Gasteiger partial charge in [0.15, 0.2) is 0 Å². The number of benzene rings is 1. The van der Waals surface area contributed by atoms with E-state index in [4.69, 9.17) is 17.3 Å². The minimum atomic E-state index is 0.622. The van der Waals surface area contributed by atoms with E-state index in [2.05, 4.69) is 15.9 Å². The lowest BCUT2D eigenvalue weighted by Crippen LogP contribution is -1.86. The first kappa shape index (κ1) is 7.89. The predicted molar refractivity (Wildman–Crippen MR) is 48.5 cm³/mol. The van der Waals surface area contributed by atoms with Crippen molar-refractivity contribution in [3.63, 3.8) is 0 Å². The molecule has 54 valence electrons. The van der Waals surface area contributed by atoms with Gasteiger partial charge in [-0.15, -0.1) is 0 Å². The third kappa shape index (κ3) is 1.64.